The van der Waals surface area contributed by atoms with Gasteiger partial charge in [0.1, 0.15) is 17.0 Å². The fraction of sp³-hybridized carbons (Fsp3) is 0.250. The Labute approximate surface area is 190 Å². The van der Waals surface area contributed by atoms with E-state index < -0.39 is 0 Å². The van der Waals surface area contributed by atoms with Gasteiger partial charge < -0.3 is 19.5 Å². The lowest BCUT2D eigenvalue weighted by Gasteiger charge is -2.34. The molecule has 1 aliphatic heterocycles. The molecule has 1 fully saturated rings. The molecule has 0 saturated carbocycles. The van der Waals surface area contributed by atoms with Crippen molar-refractivity contribution in [1.29, 1.82) is 0 Å². The highest BCUT2D eigenvalue weighted by Gasteiger charge is 2.19. The second kappa shape index (κ2) is 7.86. The Bertz CT molecular complexity index is 1450. The Morgan fingerprint density at radius 2 is 1.79 bits per heavy atom. The van der Waals surface area contributed by atoms with E-state index in [2.05, 4.69) is 48.1 Å². The van der Waals surface area contributed by atoms with Crippen LogP contribution in [0, 0.1) is 0 Å². The van der Waals surface area contributed by atoms with Gasteiger partial charge in [0.2, 0.25) is 0 Å². The summed E-state index contributed by atoms with van der Waals surface area (Å²) in [6.45, 7) is 4.07. The van der Waals surface area contributed by atoms with Crippen LogP contribution in [0.4, 0.5) is 5.69 Å². The number of piperazine rings is 1. The number of nitrogens with one attached hydrogen (secondary N) is 2. The van der Waals surface area contributed by atoms with Crippen LogP contribution >= 0.6 is 0 Å². The van der Waals surface area contributed by atoms with Crippen molar-refractivity contribution in [1.82, 2.24) is 35.0 Å². The summed E-state index contributed by atoms with van der Waals surface area (Å²) >= 11 is 0. The molecule has 5 aromatic rings. The maximum Gasteiger partial charge on any atom is 0.137 e. The number of hydrogen-bond acceptors (Lipinski definition) is 7. The third kappa shape index (κ3) is 3.46. The Hall–Kier alpha value is -3.98. The summed E-state index contributed by atoms with van der Waals surface area (Å²) in [5, 5.41) is 8.84. The van der Waals surface area contributed by atoms with Gasteiger partial charge in [-0.15, -0.1) is 0 Å². The van der Waals surface area contributed by atoms with E-state index in [0.717, 1.165) is 76.4 Å². The van der Waals surface area contributed by atoms with E-state index in [4.69, 9.17) is 9.72 Å². The number of likely N-dealkylation sites (N-methyl/N-ethyl adjacent to an activating group) is 1. The number of hydrogen-bond donors (Lipinski definition) is 2. The molecule has 0 atom stereocenters. The molecule has 0 aliphatic carbocycles. The number of fused-ring (bicyclic) bond motifs is 2. The number of aromatic amines is 2. The average Bonchev–Trinajstić information content (AvgIpc) is 3.48. The molecule has 1 saturated heterocycles. The lowest BCUT2D eigenvalue weighted by atomic mass is 10.1. The summed E-state index contributed by atoms with van der Waals surface area (Å²) in [6, 6.07) is 8.04. The number of nitrogens with zero attached hydrogens (tertiary/aromatic N) is 6. The summed E-state index contributed by atoms with van der Waals surface area (Å²) in [5.74, 6) is 0.696. The Morgan fingerprint density at radius 3 is 2.64 bits per heavy atom. The molecule has 166 valence electrons. The maximum absolute atomic E-state index is 5.32. The van der Waals surface area contributed by atoms with Gasteiger partial charge in [-0.05, 0) is 31.3 Å². The maximum atomic E-state index is 5.32. The van der Waals surface area contributed by atoms with Crippen molar-refractivity contribution in [2.24, 2.45) is 0 Å². The molecule has 1 aliphatic rings. The molecule has 6 rings (SSSR count). The zero-order valence-electron chi connectivity index (χ0n) is 18.5. The SMILES string of the molecule is COc1cncc(-c2ccc3[nH]nc(-c4cc5c(N6CCN(C)CC6)cncc5[nH]4)c3n2)c1. The van der Waals surface area contributed by atoms with E-state index in [0.29, 0.717) is 5.75 Å². The first-order valence-electron chi connectivity index (χ1n) is 10.9. The molecule has 5 aromatic heterocycles. The fourth-order valence-corrected chi connectivity index (χ4v) is 4.38. The summed E-state index contributed by atoms with van der Waals surface area (Å²) in [6.07, 6.45) is 7.29. The van der Waals surface area contributed by atoms with Crippen molar-refractivity contribution in [3.05, 3.63) is 49.1 Å². The number of H-pyrrole nitrogens is 2. The molecule has 2 N–H and O–H groups in total. The van der Waals surface area contributed by atoms with Gasteiger partial charge in [-0.1, -0.05) is 0 Å². The zero-order chi connectivity index (χ0) is 22.4. The lowest BCUT2D eigenvalue weighted by Crippen LogP contribution is -2.44. The molecular weight excluding hydrogens is 416 g/mol. The summed E-state index contributed by atoms with van der Waals surface area (Å²) in [4.78, 5) is 21.9. The monoisotopic (exact) mass is 440 g/mol. The molecule has 6 heterocycles. The molecule has 0 unspecified atom stereocenters. The summed E-state index contributed by atoms with van der Waals surface area (Å²) < 4.78 is 5.32. The zero-order valence-corrected chi connectivity index (χ0v) is 18.5. The number of ether oxygens (including phenoxy) is 1. The first kappa shape index (κ1) is 19.7. The number of methoxy groups -OCH3 is 1. The van der Waals surface area contributed by atoms with Gasteiger partial charge in [-0.2, -0.15) is 5.10 Å². The largest absolute Gasteiger partial charge is 0.495 e. The summed E-state index contributed by atoms with van der Waals surface area (Å²) in [7, 11) is 3.79. The van der Waals surface area contributed by atoms with Crippen LogP contribution in [0.25, 0.3) is 44.6 Å². The minimum Gasteiger partial charge on any atom is -0.495 e. The highest BCUT2D eigenvalue weighted by molar-refractivity contribution is 5.98. The van der Waals surface area contributed by atoms with Crippen LogP contribution in [0.3, 0.4) is 0 Å². The van der Waals surface area contributed by atoms with Crippen molar-refractivity contribution >= 4 is 27.6 Å². The second-order valence-corrected chi connectivity index (χ2v) is 8.37. The van der Waals surface area contributed by atoms with E-state index >= 15 is 0 Å². The third-order valence-electron chi connectivity index (χ3n) is 6.28. The summed E-state index contributed by atoms with van der Waals surface area (Å²) in [5.41, 5.74) is 7.21. The molecule has 9 nitrogen and oxygen atoms in total. The molecule has 33 heavy (non-hydrogen) atoms. The van der Waals surface area contributed by atoms with Crippen molar-refractivity contribution in [3.8, 4) is 28.4 Å². The van der Waals surface area contributed by atoms with Crippen LogP contribution in [0.2, 0.25) is 0 Å². The van der Waals surface area contributed by atoms with E-state index in [1.165, 1.54) is 0 Å². The predicted molar refractivity (Wildman–Crippen MR) is 128 cm³/mol. The molecule has 0 spiro atoms. The van der Waals surface area contributed by atoms with Gasteiger partial charge in [-0.3, -0.25) is 15.1 Å². The smallest absolute Gasteiger partial charge is 0.137 e. The van der Waals surface area contributed by atoms with Crippen LogP contribution in [0.1, 0.15) is 0 Å². The quantitative estimate of drug-likeness (QED) is 0.442. The van der Waals surface area contributed by atoms with Crippen LogP contribution < -0.4 is 9.64 Å². The van der Waals surface area contributed by atoms with Gasteiger partial charge >= 0.3 is 0 Å². The van der Waals surface area contributed by atoms with Gasteiger partial charge in [0.15, 0.2) is 0 Å². The van der Waals surface area contributed by atoms with E-state index in [9.17, 15) is 0 Å². The molecule has 0 radical (unpaired) electrons. The van der Waals surface area contributed by atoms with Crippen LogP contribution in [0.15, 0.2) is 49.1 Å². The fourth-order valence-electron chi connectivity index (χ4n) is 4.38. The van der Waals surface area contributed by atoms with Crippen molar-refractivity contribution < 1.29 is 4.74 Å². The molecule has 9 heteroatoms. The van der Waals surface area contributed by atoms with Crippen LogP contribution in [0.5, 0.6) is 5.75 Å². The Morgan fingerprint density at radius 1 is 0.939 bits per heavy atom. The Balaban J connectivity index is 1.43. The van der Waals surface area contributed by atoms with Crippen LogP contribution in [-0.2, 0) is 0 Å². The number of pyridine rings is 3. The minimum atomic E-state index is 0.696. The van der Waals surface area contributed by atoms with Crippen molar-refractivity contribution in [2.45, 2.75) is 0 Å². The normalized spacial score (nSPS) is 14.9. The molecular formula is C24H24N8O. The lowest BCUT2D eigenvalue weighted by molar-refractivity contribution is 0.313. The first-order chi connectivity index (χ1) is 16.2. The predicted octanol–water partition coefficient (Wildman–Crippen LogP) is 3.32. The number of anilines is 1. The molecule has 0 aromatic carbocycles. The van der Waals surface area contributed by atoms with Gasteiger partial charge in [-0.25, -0.2) is 4.98 Å². The van der Waals surface area contributed by atoms with E-state index in [1.807, 2.05) is 30.6 Å². The van der Waals surface area contributed by atoms with E-state index in [-0.39, 0.29) is 0 Å². The number of aromatic nitrogens is 6. The highest BCUT2D eigenvalue weighted by atomic mass is 16.5. The standard InChI is InChI=1S/C24H24N8O/c1-31-5-7-32(8-6-31)22-14-26-13-21-17(22)10-20(27-21)24-23-19(29-30-24)4-3-18(28-23)15-9-16(33-2)12-25-11-15/h3-4,9-14,27H,5-8H2,1-2H3,(H,29,30). The van der Waals surface area contributed by atoms with Crippen molar-refractivity contribution in [2.75, 3.05) is 45.2 Å². The van der Waals surface area contributed by atoms with Gasteiger partial charge in [0.25, 0.3) is 0 Å². The van der Waals surface area contributed by atoms with Crippen LogP contribution in [-0.4, -0.2) is 75.4 Å². The molecule has 0 bridgehead atoms. The third-order valence-corrected chi connectivity index (χ3v) is 6.28. The number of rotatable bonds is 4. The van der Waals surface area contributed by atoms with Crippen molar-refractivity contribution in [3.63, 3.8) is 0 Å². The average molecular weight is 441 g/mol. The topological polar surface area (TPSA) is 98.9 Å². The highest BCUT2D eigenvalue weighted by Crippen LogP contribution is 2.33. The second-order valence-electron chi connectivity index (χ2n) is 8.37. The minimum absolute atomic E-state index is 0.696. The van der Waals surface area contributed by atoms with Gasteiger partial charge in [0.05, 0.1) is 53.8 Å². The van der Waals surface area contributed by atoms with E-state index in [1.54, 1.807) is 19.5 Å². The molecule has 0 amide bonds. The van der Waals surface area contributed by atoms with Gasteiger partial charge in [0, 0.05) is 43.3 Å². The Kier molecular flexibility index (Phi) is 4.69. The first-order valence-corrected chi connectivity index (χ1v) is 10.9.